The third-order valence-corrected chi connectivity index (χ3v) is 9.01. The van der Waals surface area contributed by atoms with E-state index in [1.165, 1.54) is 96.3 Å². The van der Waals surface area contributed by atoms with Gasteiger partial charge in [-0.15, -0.1) is 0 Å². The van der Waals surface area contributed by atoms with Gasteiger partial charge in [0.2, 0.25) is 0 Å². The number of aliphatic hydroxyl groups is 4. The molecule has 0 aromatic carbocycles. The normalized spacial score (nSPS) is 12.1. The Morgan fingerprint density at radius 1 is 0.360 bits per heavy atom. The molecule has 0 aromatic heterocycles. The van der Waals surface area contributed by atoms with Crippen molar-refractivity contribution in [3.05, 3.63) is 0 Å². The first-order valence-electron chi connectivity index (χ1n) is 20.7. The number of carbonyl (C=O) groups excluding carboxylic acids is 3. The van der Waals surface area contributed by atoms with Crippen molar-refractivity contribution >= 4 is 17.3 Å². The SMILES string of the molecule is CCCC(=O)C(CC)CO.CCCC(=O)C(CC)CO.CCCC(=O)C(CC)CO.CCCCCCCCCCCCCCCCCCO.[Zr]. The van der Waals surface area contributed by atoms with Gasteiger partial charge in [-0.3, -0.25) is 14.4 Å². The van der Waals surface area contributed by atoms with Crippen molar-refractivity contribution in [2.24, 2.45) is 17.8 Å². The molecule has 0 aliphatic heterocycles. The fraction of sp³-hybridized carbons (Fsp3) is 0.929. The molecule has 300 valence electrons. The molecule has 0 saturated heterocycles. The Labute approximate surface area is 330 Å². The van der Waals surface area contributed by atoms with Crippen LogP contribution in [-0.2, 0) is 40.6 Å². The van der Waals surface area contributed by atoms with Gasteiger partial charge in [0.1, 0.15) is 17.3 Å². The van der Waals surface area contributed by atoms with Gasteiger partial charge in [-0.05, 0) is 44.9 Å². The smallest absolute Gasteiger partial charge is 0.138 e. The van der Waals surface area contributed by atoms with E-state index in [2.05, 4.69) is 6.92 Å². The zero-order valence-corrected chi connectivity index (χ0v) is 36.7. The maximum Gasteiger partial charge on any atom is 0.138 e. The van der Waals surface area contributed by atoms with Crippen LogP contribution in [0.3, 0.4) is 0 Å². The zero-order valence-electron chi connectivity index (χ0n) is 34.3. The van der Waals surface area contributed by atoms with Crippen molar-refractivity contribution in [3.8, 4) is 0 Å². The van der Waals surface area contributed by atoms with E-state index in [1.807, 2.05) is 41.5 Å². The third kappa shape index (κ3) is 43.9. The Hall–Kier alpha value is -0.267. The van der Waals surface area contributed by atoms with Crippen molar-refractivity contribution in [2.75, 3.05) is 26.4 Å². The summed E-state index contributed by atoms with van der Waals surface area (Å²) in [6, 6.07) is 0. The Bertz CT molecular complexity index is 585. The second-order valence-electron chi connectivity index (χ2n) is 13.5. The molecule has 3 atom stereocenters. The molecule has 3 unspecified atom stereocenters. The van der Waals surface area contributed by atoms with E-state index in [-0.39, 0.29) is 81.1 Å². The van der Waals surface area contributed by atoms with Crippen LogP contribution in [0.4, 0.5) is 0 Å². The van der Waals surface area contributed by atoms with Crippen LogP contribution in [0.25, 0.3) is 0 Å². The zero-order chi connectivity index (χ0) is 38.0. The Balaban J connectivity index is -0.000000188. The summed E-state index contributed by atoms with van der Waals surface area (Å²) in [5.41, 5.74) is 0. The minimum Gasteiger partial charge on any atom is -0.396 e. The summed E-state index contributed by atoms with van der Waals surface area (Å²) in [7, 11) is 0. The average molecular weight is 794 g/mol. The van der Waals surface area contributed by atoms with Gasteiger partial charge in [-0.25, -0.2) is 0 Å². The van der Waals surface area contributed by atoms with E-state index < -0.39 is 0 Å². The van der Waals surface area contributed by atoms with Crippen LogP contribution in [0.2, 0.25) is 0 Å². The topological polar surface area (TPSA) is 132 Å². The van der Waals surface area contributed by atoms with Gasteiger partial charge >= 0.3 is 0 Å². The van der Waals surface area contributed by atoms with Gasteiger partial charge in [0.05, 0.1) is 19.8 Å². The van der Waals surface area contributed by atoms with Crippen molar-refractivity contribution in [1.29, 1.82) is 0 Å². The number of hydrogen-bond acceptors (Lipinski definition) is 7. The number of rotatable bonds is 31. The summed E-state index contributed by atoms with van der Waals surface area (Å²) in [4.78, 5) is 33.1. The molecule has 8 heteroatoms. The first kappa shape index (κ1) is 59.0. The molecule has 0 aliphatic carbocycles. The van der Waals surface area contributed by atoms with Crippen molar-refractivity contribution in [2.45, 2.75) is 209 Å². The summed E-state index contributed by atoms with van der Waals surface area (Å²) < 4.78 is 0. The number of Topliss-reactive ketones (excluding diaryl/α,β-unsaturated/α-hetero) is 3. The van der Waals surface area contributed by atoms with E-state index in [1.54, 1.807) is 0 Å². The fourth-order valence-corrected chi connectivity index (χ4v) is 5.39. The van der Waals surface area contributed by atoms with E-state index in [0.29, 0.717) is 25.9 Å². The number of aliphatic hydroxyl groups excluding tert-OH is 4. The van der Waals surface area contributed by atoms with Gasteiger partial charge < -0.3 is 20.4 Å². The maximum atomic E-state index is 11.0. The first-order chi connectivity index (χ1) is 23.7. The molecule has 0 radical (unpaired) electrons. The largest absolute Gasteiger partial charge is 0.396 e. The quantitative estimate of drug-likeness (QED) is 0.0514. The summed E-state index contributed by atoms with van der Waals surface area (Å²) in [6.45, 7) is 14.4. The second-order valence-corrected chi connectivity index (χ2v) is 13.5. The minimum atomic E-state index is -0.111. The molecular formula is C42H86O7Zr. The third-order valence-electron chi connectivity index (χ3n) is 9.01. The molecular weight excluding hydrogens is 708 g/mol. The molecule has 0 spiro atoms. The van der Waals surface area contributed by atoms with E-state index in [9.17, 15) is 14.4 Å². The molecule has 7 nitrogen and oxygen atoms in total. The maximum absolute atomic E-state index is 11.0. The predicted molar refractivity (Wildman–Crippen MR) is 209 cm³/mol. The number of ketones is 3. The van der Waals surface area contributed by atoms with Crippen molar-refractivity contribution < 1.29 is 61.0 Å². The monoisotopic (exact) mass is 793 g/mol. The van der Waals surface area contributed by atoms with Crippen LogP contribution in [-0.4, -0.2) is 64.2 Å². The number of unbranched alkanes of at least 4 members (excludes halogenated alkanes) is 15. The summed E-state index contributed by atoms with van der Waals surface area (Å²) in [6.07, 6.45) is 28.9. The van der Waals surface area contributed by atoms with Crippen LogP contribution in [0.5, 0.6) is 0 Å². The van der Waals surface area contributed by atoms with Crippen LogP contribution >= 0.6 is 0 Å². The van der Waals surface area contributed by atoms with Crippen LogP contribution in [0, 0.1) is 17.8 Å². The first-order valence-corrected chi connectivity index (χ1v) is 20.7. The Morgan fingerprint density at radius 2 is 0.580 bits per heavy atom. The van der Waals surface area contributed by atoms with Crippen molar-refractivity contribution in [3.63, 3.8) is 0 Å². The molecule has 0 bridgehead atoms. The average Bonchev–Trinajstić information content (AvgIpc) is 3.09. The van der Waals surface area contributed by atoms with Gasteiger partial charge in [-0.1, -0.05) is 145 Å². The number of carbonyl (C=O) groups is 3. The summed E-state index contributed by atoms with van der Waals surface area (Å²) in [5.74, 6) is 0.271. The molecule has 0 aromatic rings. The van der Waals surface area contributed by atoms with Gasteiger partial charge in [0.25, 0.3) is 0 Å². The molecule has 50 heavy (non-hydrogen) atoms. The van der Waals surface area contributed by atoms with E-state index in [0.717, 1.165) is 44.9 Å². The summed E-state index contributed by atoms with van der Waals surface area (Å²) >= 11 is 0. The molecule has 4 N–H and O–H groups in total. The molecule has 0 heterocycles. The molecule has 0 saturated carbocycles. The van der Waals surface area contributed by atoms with E-state index >= 15 is 0 Å². The Kier molecular flexibility index (Phi) is 60.0. The number of hydrogen-bond donors (Lipinski definition) is 4. The fourth-order valence-electron chi connectivity index (χ4n) is 5.39. The minimum absolute atomic E-state index is 0. The van der Waals surface area contributed by atoms with Crippen LogP contribution in [0.1, 0.15) is 209 Å². The van der Waals surface area contributed by atoms with Gasteiger partial charge in [-0.2, -0.15) is 0 Å². The molecule has 0 aliphatic rings. The molecule has 0 amide bonds. The summed E-state index contributed by atoms with van der Waals surface area (Å²) in [5, 5.41) is 34.8. The molecule has 0 rings (SSSR count). The van der Waals surface area contributed by atoms with Gasteiger partial charge in [0, 0.05) is 69.8 Å². The Morgan fingerprint density at radius 3 is 0.740 bits per heavy atom. The second kappa shape index (κ2) is 50.8. The predicted octanol–water partition coefficient (Wildman–Crippen LogP) is 10.4. The van der Waals surface area contributed by atoms with Crippen molar-refractivity contribution in [1.82, 2.24) is 0 Å². The molecule has 0 fully saturated rings. The van der Waals surface area contributed by atoms with Gasteiger partial charge in [0.15, 0.2) is 0 Å². The van der Waals surface area contributed by atoms with E-state index in [4.69, 9.17) is 20.4 Å². The van der Waals surface area contributed by atoms with Crippen LogP contribution < -0.4 is 0 Å². The van der Waals surface area contributed by atoms with Crippen LogP contribution in [0.15, 0.2) is 0 Å². The standard InChI is InChI=1S/C18H38O.3C8H16O2.Zr/c1-2-3-4-5-6-7-8-9-10-11-12-13-14-15-16-17-18-19;3*1-3-5-8(10)7(4-2)6-9;/h19H,2-18H2,1H3;3*7,9H,3-6H2,1-2H3;.